The van der Waals surface area contributed by atoms with Gasteiger partial charge in [0.15, 0.2) is 5.96 Å². The molecule has 1 atom stereocenters. The predicted octanol–water partition coefficient (Wildman–Crippen LogP) is 2.92. The summed E-state index contributed by atoms with van der Waals surface area (Å²) in [5.41, 5.74) is 2.55. The van der Waals surface area contributed by atoms with Gasteiger partial charge >= 0.3 is 0 Å². The second-order valence-corrected chi connectivity index (χ2v) is 6.97. The molecule has 1 aliphatic rings. The summed E-state index contributed by atoms with van der Waals surface area (Å²) >= 11 is 0. The average Bonchev–Trinajstić information content (AvgIpc) is 3.38. The van der Waals surface area contributed by atoms with E-state index in [1.807, 2.05) is 18.5 Å². The second-order valence-electron chi connectivity index (χ2n) is 6.97. The number of hydrogen-bond donors (Lipinski definition) is 2. The van der Waals surface area contributed by atoms with E-state index in [2.05, 4.69) is 46.5 Å². The Bertz CT molecular complexity index is 707. The Labute approximate surface area is 162 Å². The third-order valence-corrected chi connectivity index (χ3v) is 5.04. The first-order chi connectivity index (χ1) is 13.3. The highest BCUT2D eigenvalue weighted by Crippen LogP contribution is 2.25. The summed E-state index contributed by atoms with van der Waals surface area (Å²) in [5, 5.41) is 6.81. The van der Waals surface area contributed by atoms with Crippen molar-refractivity contribution < 1.29 is 4.42 Å². The lowest BCUT2D eigenvalue weighted by Gasteiger charge is -2.24. The molecule has 0 saturated carbocycles. The summed E-state index contributed by atoms with van der Waals surface area (Å²) in [5.74, 6) is 1.86. The van der Waals surface area contributed by atoms with Crippen molar-refractivity contribution in [1.82, 2.24) is 20.5 Å². The molecule has 2 aromatic rings. The van der Waals surface area contributed by atoms with E-state index in [-0.39, 0.29) is 6.04 Å². The molecule has 1 aliphatic heterocycles. The van der Waals surface area contributed by atoms with E-state index in [4.69, 9.17) is 9.41 Å². The lowest BCUT2D eigenvalue weighted by molar-refractivity contribution is 0.221. The van der Waals surface area contributed by atoms with Gasteiger partial charge in [0.2, 0.25) is 0 Å². The normalized spacial score (nSPS) is 16.4. The van der Waals surface area contributed by atoms with Crippen molar-refractivity contribution in [3.05, 3.63) is 53.7 Å². The third kappa shape index (κ3) is 5.57. The average molecular weight is 370 g/mol. The van der Waals surface area contributed by atoms with Crippen LogP contribution in [0.5, 0.6) is 0 Å². The molecule has 1 saturated heterocycles. The third-order valence-electron chi connectivity index (χ3n) is 5.04. The molecule has 6 heteroatoms. The van der Waals surface area contributed by atoms with Crippen LogP contribution >= 0.6 is 0 Å². The minimum Gasteiger partial charge on any atom is -0.468 e. The van der Waals surface area contributed by atoms with Gasteiger partial charge < -0.3 is 15.1 Å². The van der Waals surface area contributed by atoms with Gasteiger partial charge in [-0.05, 0) is 75.5 Å². The molecule has 0 amide bonds. The number of furan rings is 1. The van der Waals surface area contributed by atoms with Crippen LogP contribution < -0.4 is 10.6 Å². The van der Waals surface area contributed by atoms with Crippen molar-refractivity contribution in [3.63, 3.8) is 0 Å². The largest absolute Gasteiger partial charge is 0.468 e. The number of aliphatic imine (C=N–C) groups is 1. The van der Waals surface area contributed by atoms with Crippen molar-refractivity contribution in [2.24, 2.45) is 4.99 Å². The standard InChI is InChI=1S/C21H31N5O/c1-3-23-21(24-11-9-18-8-10-22-15-17(18)2)25-16-19(20-7-6-14-27-20)26-12-4-5-13-26/h6-8,10,14-15,19H,3-5,9,11-13,16H2,1-2H3,(H2,23,24,25). The quantitative estimate of drug-likeness (QED) is 0.553. The molecular weight excluding hydrogens is 338 g/mol. The van der Waals surface area contributed by atoms with Gasteiger partial charge in [0.05, 0.1) is 18.8 Å². The fourth-order valence-corrected chi connectivity index (χ4v) is 3.54. The molecule has 0 spiro atoms. The Balaban J connectivity index is 1.60. The summed E-state index contributed by atoms with van der Waals surface area (Å²) in [6.07, 6.45) is 8.98. The highest BCUT2D eigenvalue weighted by atomic mass is 16.3. The molecular formula is C21H31N5O. The first-order valence-corrected chi connectivity index (χ1v) is 9.97. The van der Waals surface area contributed by atoms with E-state index in [1.54, 1.807) is 6.26 Å². The fourth-order valence-electron chi connectivity index (χ4n) is 3.54. The fraction of sp³-hybridized carbons (Fsp3) is 0.524. The molecule has 1 unspecified atom stereocenters. The summed E-state index contributed by atoms with van der Waals surface area (Å²) in [7, 11) is 0. The van der Waals surface area contributed by atoms with Crippen LogP contribution in [0, 0.1) is 6.92 Å². The van der Waals surface area contributed by atoms with Gasteiger partial charge in [-0.1, -0.05) is 0 Å². The number of guanidine groups is 1. The molecule has 0 bridgehead atoms. The molecule has 0 aromatic carbocycles. The molecule has 0 radical (unpaired) electrons. The van der Waals surface area contributed by atoms with Crippen molar-refractivity contribution in [2.75, 3.05) is 32.7 Å². The Hall–Kier alpha value is -2.34. The molecule has 0 aliphatic carbocycles. The highest BCUT2D eigenvalue weighted by Gasteiger charge is 2.25. The zero-order valence-electron chi connectivity index (χ0n) is 16.4. The van der Waals surface area contributed by atoms with Crippen molar-refractivity contribution >= 4 is 5.96 Å². The number of nitrogens with one attached hydrogen (secondary N) is 2. The Morgan fingerprint density at radius 3 is 2.85 bits per heavy atom. The van der Waals surface area contributed by atoms with Gasteiger partial charge in [0.25, 0.3) is 0 Å². The van der Waals surface area contributed by atoms with Crippen LogP contribution in [-0.4, -0.2) is 48.6 Å². The van der Waals surface area contributed by atoms with Crippen molar-refractivity contribution in [3.8, 4) is 0 Å². The monoisotopic (exact) mass is 369 g/mol. The van der Waals surface area contributed by atoms with E-state index in [9.17, 15) is 0 Å². The van der Waals surface area contributed by atoms with Crippen LogP contribution in [0.1, 0.15) is 42.7 Å². The first kappa shape index (κ1) is 19.4. The number of likely N-dealkylation sites (tertiary alicyclic amines) is 1. The molecule has 27 heavy (non-hydrogen) atoms. The molecule has 146 valence electrons. The smallest absolute Gasteiger partial charge is 0.191 e. The molecule has 6 nitrogen and oxygen atoms in total. The van der Waals surface area contributed by atoms with E-state index in [0.29, 0.717) is 6.54 Å². The molecule has 1 fully saturated rings. The van der Waals surface area contributed by atoms with Crippen molar-refractivity contribution in [2.45, 2.75) is 39.2 Å². The van der Waals surface area contributed by atoms with Crippen LogP contribution in [0.25, 0.3) is 0 Å². The summed E-state index contributed by atoms with van der Waals surface area (Å²) in [6.45, 7) is 8.80. The van der Waals surface area contributed by atoms with Gasteiger partial charge in [0, 0.05) is 25.5 Å². The predicted molar refractivity (Wildman–Crippen MR) is 109 cm³/mol. The number of rotatable bonds is 8. The maximum absolute atomic E-state index is 5.69. The van der Waals surface area contributed by atoms with Gasteiger partial charge in [-0.15, -0.1) is 0 Å². The number of aryl methyl sites for hydroxylation is 1. The number of nitrogens with zero attached hydrogens (tertiary/aromatic N) is 3. The lowest BCUT2D eigenvalue weighted by Crippen LogP contribution is -2.39. The minimum atomic E-state index is 0.209. The van der Waals surface area contributed by atoms with Crippen LogP contribution in [0.3, 0.4) is 0 Å². The van der Waals surface area contributed by atoms with E-state index in [0.717, 1.165) is 44.3 Å². The molecule has 3 rings (SSSR count). The summed E-state index contributed by atoms with van der Waals surface area (Å²) in [4.78, 5) is 11.5. The minimum absolute atomic E-state index is 0.209. The first-order valence-electron chi connectivity index (χ1n) is 9.97. The van der Waals surface area contributed by atoms with Crippen molar-refractivity contribution in [1.29, 1.82) is 0 Å². The van der Waals surface area contributed by atoms with E-state index in [1.165, 1.54) is 24.0 Å². The van der Waals surface area contributed by atoms with Gasteiger partial charge in [-0.3, -0.25) is 14.9 Å². The number of pyridine rings is 1. The van der Waals surface area contributed by atoms with Gasteiger partial charge in [0.1, 0.15) is 5.76 Å². The Kier molecular flexibility index (Phi) is 7.27. The van der Waals surface area contributed by atoms with Gasteiger partial charge in [-0.25, -0.2) is 0 Å². The topological polar surface area (TPSA) is 65.7 Å². The van der Waals surface area contributed by atoms with Crippen LogP contribution in [-0.2, 0) is 6.42 Å². The summed E-state index contributed by atoms with van der Waals surface area (Å²) in [6, 6.07) is 6.31. The van der Waals surface area contributed by atoms with Crippen LogP contribution in [0.2, 0.25) is 0 Å². The zero-order valence-corrected chi connectivity index (χ0v) is 16.4. The summed E-state index contributed by atoms with van der Waals surface area (Å²) < 4.78 is 5.69. The van der Waals surface area contributed by atoms with E-state index >= 15 is 0 Å². The van der Waals surface area contributed by atoms with E-state index < -0.39 is 0 Å². The Morgan fingerprint density at radius 1 is 1.30 bits per heavy atom. The lowest BCUT2D eigenvalue weighted by atomic mass is 10.1. The van der Waals surface area contributed by atoms with Crippen LogP contribution in [0.15, 0.2) is 46.3 Å². The van der Waals surface area contributed by atoms with Gasteiger partial charge in [-0.2, -0.15) is 0 Å². The Morgan fingerprint density at radius 2 is 2.15 bits per heavy atom. The van der Waals surface area contributed by atoms with Crippen LogP contribution in [0.4, 0.5) is 0 Å². The SMILES string of the molecule is CCNC(=NCC(c1ccco1)N1CCCC1)NCCc1ccncc1C. The molecule has 3 heterocycles. The molecule has 2 aromatic heterocycles. The maximum atomic E-state index is 5.69. The highest BCUT2D eigenvalue weighted by molar-refractivity contribution is 5.79. The maximum Gasteiger partial charge on any atom is 0.191 e. The number of hydrogen-bond acceptors (Lipinski definition) is 4. The zero-order chi connectivity index (χ0) is 18.9. The second kappa shape index (κ2) is 10.1. The molecule has 2 N–H and O–H groups in total. The number of aromatic nitrogens is 1.